The van der Waals surface area contributed by atoms with Crippen molar-refractivity contribution < 1.29 is 0 Å². The summed E-state index contributed by atoms with van der Waals surface area (Å²) in [5.74, 6) is 0. The molecule has 4 heteroatoms. The molecule has 0 saturated carbocycles. The van der Waals surface area contributed by atoms with Crippen molar-refractivity contribution in [1.82, 2.24) is 9.97 Å². The molecule has 0 amide bonds. The van der Waals surface area contributed by atoms with Crippen LogP contribution in [0.5, 0.6) is 0 Å². The van der Waals surface area contributed by atoms with Crippen molar-refractivity contribution in [3.05, 3.63) is 35.1 Å². The topological polar surface area (TPSA) is 51.8 Å². The fourth-order valence-electron chi connectivity index (χ4n) is 1.52. The normalized spacial score (nSPS) is 12.7. The van der Waals surface area contributed by atoms with E-state index in [-0.39, 0.29) is 6.04 Å². The quantitative estimate of drug-likeness (QED) is 0.885. The Morgan fingerprint density at radius 2 is 2.31 bits per heavy atom. The van der Waals surface area contributed by atoms with E-state index in [9.17, 15) is 0 Å². The van der Waals surface area contributed by atoms with E-state index in [0.29, 0.717) is 0 Å². The molecule has 1 unspecified atom stereocenters. The van der Waals surface area contributed by atoms with Gasteiger partial charge in [0.25, 0.3) is 0 Å². The smallest absolute Gasteiger partial charge is 0.125 e. The maximum Gasteiger partial charge on any atom is 0.125 e. The van der Waals surface area contributed by atoms with Crippen molar-refractivity contribution in [1.29, 1.82) is 0 Å². The van der Waals surface area contributed by atoms with Gasteiger partial charge in [0.1, 0.15) is 5.01 Å². The van der Waals surface area contributed by atoms with Crippen molar-refractivity contribution in [2.24, 2.45) is 5.73 Å². The summed E-state index contributed by atoms with van der Waals surface area (Å²) < 4.78 is 0. The van der Waals surface area contributed by atoms with Gasteiger partial charge in [-0.3, -0.25) is 4.98 Å². The highest BCUT2D eigenvalue weighted by Gasteiger charge is 2.10. The van der Waals surface area contributed by atoms with Crippen LogP contribution in [0.25, 0.3) is 10.6 Å². The first kappa shape index (κ1) is 11.2. The summed E-state index contributed by atoms with van der Waals surface area (Å²) in [7, 11) is 0. The number of nitrogens with two attached hydrogens (primary N) is 1. The molecular formula is C12H15N3S. The molecule has 0 fully saturated rings. The highest BCUT2D eigenvalue weighted by Crippen LogP contribution is 2.27. The molecule has 84 valence electrons. The Kier molecular flexibility index (Phi) is 3.31. The number of hydrogen-bond acceptors (Lipinski definition) is 4. The van der Waals surface area contributed by atoms with Gasteiger partial charge in [-0.05, 0) is 32.4 Å². The van der Waals surface area contributed by atoms with E-state index in [4.69, 9.17) is 5.73 Å². The van der Waals surface area contributed by atoms with E-state index in [1.54, 1.807) is 17.5 Å². The lowest BCUT2D eigenvalue weighted by Crippen LogP contribution is -2.17. The summed E-state index contributed by atoms with van der Waals surface area (Å²) in [4.78, 5) is 9.93. The van der Waals surface area contributed by atoms with Crippen molar-refractivity contribution in [2.75, 3.05) is 0 Å². The molecule has 0 aliphatic rings. The van der Waals surface area contributed by atoms with E-state index in [0.717, 1.165) is 22.7 Å². The zero-order chi connectivity index (χ0) is 11.5. The number of thiazole rings is 1. The van der Waals surface area contributed by atoms with Crippen LogP contribution in [0, 0.1) is 6.92 Å². The Balaban J connectivity index is 2.31. The Hall–Kier alpha value is -1.26. The van der Waals surface area contributed by atoms with Crippen molar-refractivity contribution in [3.8, 4) is 10.6 Å². The molecule has 3 nitrogen and oxygen atoms in total. The van der Waals surface area contributed by atoms with Gasteiger partial charge < -0.3 is 5.73 Å². The molecule has 0 aromatic carbocycles. The first-order chi connectivity index (χ1) is 7.66. The Morgan fingerprint density at radius 3 is 2.94 bits per heavy atom. The molecule has 0 spiro atoms. The highest BCUT2D eigenvalue weighted by molar-refractivity contribution is 7.15. The largest absolute Gasteiger partial charge is 0.328 e. The van der Waals surface area contributed by atoms with Gasteiger partial charge in [-0.25, -0.2) is 4.98 Å². The lowest BCUT2D eigenvalue weighted by Gasteiger charge is -2.01. The van der Waals surface area contributed by atoms with Crippen LogP contribution in [0.4, 0.5) is 0 Å². The number of aryl methyl sites for hydroxylation is 1. The van der Waals surface area contributed by atoms with E-state index in [1.807, 2.05) is 32.2 Å². The molecule has 0 bridgehead atoms. The van der Waals surface area contributed by atoms with Crippen LogP contribution >= 0.6 is 11.3 Å². The minimum absolute atomic E-state index is 0.181. The number of aromatic nitrogens is 2. The van der Waals surface area contributed by atoms with Gasteiger partial charge in [0.05, 0.1) is 5.69 Å². The summed E-state index contributed by atoms with van der Waals surface area (Å²) >= 11 is 1.71. The number of nitrogens with zero attached hydrogens (tertiary/aromatic N) is 2. The zero-order valence-corrected chi connectivity index (χ0v) is 10.3. The van der Waals surface area contributed by atoms with Crippen LogP contribution < -0.4 is 5.73 Å². The second-order valence-corrected chi connectivity index (χ2v) is 5.03. The molecule has 16 heavy (non-hydrogen) atoms. The van der Waals surface area contributed by atoms with Crippen LogP contribution in [0.3, 0.4) is 0 Å². The van der Waals surface area contributed by atoms with Gasteiger partial charge in [0.15, 0.2) is 0 Å². The van der Waals surface area contributed by atoms with E-state index in [2.05, 4.69) is 9.97 Å². The summed E-state index contributed by atoms with van der Waals surface area (Å²) in [6.07, 6.45) is 4.50. The van der Waals surface area contributed by atoms with Crippen LogP contribution in [0.1, 0.15) is 17.5 Å². The molecule has 0 aliphatic heterocycles. The maximum absolute atomic E-state index is 5.81. The third-order valence-electron chi connectivity index (χ3n) is 2.31. The fraction of sp³-hybridized carbons (Fsp3) is 0.333. The van der Waals surface area contributed by atoms with Crippen LogP contribution in [0.2, 0.25) is 0 Å². The van der Waals surface area contributed by atoms with Crippen LogP contribution in [-0.4, -0.2) is 16.0 Å². The van der Waals surface area contributed by atoms with Gasteiger partial charge >= 0.3 is 0 Å². The Morgan fingerprint density at radius 1 is 1.50 bits per heavy atom. The summed E-state index contributed by atoms with van der Waals surface area (Å²) in [5.41, 5.74) is 7.97. The van der Waals surface area contributed by atoms with E-state index >= 15 is 0 Å². The van der Waals surface area contributed by atoms with Crippen molar-refractivity contribution in [3.63, 3.8) is 0 Å². The average molecular weight is 233 g/mol. The minimum atomic E-state index is 0.181. The molecule has 2 aromatic heterocycles. The predicted octanol–water partition coefficient (Wildman–Crippen LogP) is 2.40. The Labute approximate surface area is 99.4 Å². The van der Waals surface area contributed by atoms with Crippen molar-refractivity contribution >= 4 is 11.3 Å². The van der Waals surface area contributed by atoms with Gasteiger partial charge in [0, 0.05) is 28.9 Å². The molecule has 2 heterocycles. The van der Waals surface area contributed by atoms with Gasteiger partial charge in [0.2, 0.25) is 0 Å². The summed E-state index contributed by atoms with van der Waals surface area (Å²) in [6, 6.07) is 4.14. The standard InChI is InChI=1S/C12H15N3S/c1-8(13)6-11-9(2)15-12(16-11)10-4-3-5-14-7-10/h3-5,7-8H,6,13H2,1-2H3. The number of hydrogen-bond donors (Lipinski definition) is 1. The predicted molar refractivity (Wildman–Crippen MR) is 67.4 cm³/mol. The van der Waals surface area contributed by atoms with Gasteiger partial charge in [-0.15, -0.1) is 11.3 Å². The molecule has 0 radical (unpaired) electrons. The second-order valence-electron chi connectivity index (χ2n) is 3.95. The fourth-order valence-corrected chi connectivity index (χ4v) is 2.72. The number of pyridine rings is 1. The third-order valence-corrected chi connectivity index (χ3v) is 3.54. The molecule has 0 aliphatic carbocycles. The van der Waals surface area contributed by atoms with Crippen molar-refractivity contribution in [2.45, 2.75) is 26.3 Å². The zero-order valence-electron chi connectivity index (χ0n) is 9.47. The Bertz CT molecular complexity index is 462. The maximum atomic E-state index is 5.81. The minimum Gasteiger partial charge on any atom is -0.328 e. The van der Waals surface area contributed by atoms with Crippen LogP contribution in [-0.2, 0) is 6.42 Å². The molecule has 0 saturated heterocycles. The SMILES string of the molecule is Cc1nc(-c2cccnc2)sc1CC(C)N. The van der Waals surface area contributed by atoms with E-state index in [1.165, 1.54) is 4.88 Å². The molecular weight excluding hydrogens is 218 g/mol. The highest BCUT2D eigenvalue weighted by atomic mass is 32.1. The monoisotopic (exact) mass is 233 g/mol. The molecule has 1 atom stereocenters. The summed E-state index contributed by atoms with van der Waals surface area (Å²) in [6.45, 7) is 4.05. The lowest BCUT2D eigenvalue weighted by molar-refractivity contribution is 0.742. The summed E-state index contributed by atoms with van der Waals surface area (Å²) in [5, 5.41) is 1.03. The third kappa shape index (κ3) is 2.46. The lowest BCUT2D eigenvalue weighted by atomic mass is 10.2. The average Bonchev–Trinajstić information content (AvgIpc) is 2.61. The van der Waals surface area contributed by atoms with Gasteiger partial charge in [-0.1, -0.05) is 0 Å². The second kappa shape index (κ2) is 4.72. The molecule has 2 N–H and O–H groups in total. The van der Waals surface area contributed by atoms with E-state index < -0.39 is 0 Å². The molecule has 2 rings (SSSR count). The molecule has 2 aromatic rings. The van der Waals surface area contributed by atoms with Crippen LogP contribution in [0.15, 0.2) is 24.5 Å². The first-order valence-corrected chi connectivity index (χ1v) is 6.10. The van der Waals surface area contributed by atoms with Gasteiger partial charge in [-0.2, -0.15) is 0 Å². The number of rotatable bonds is 3. The first-order valence-electron chi connectivity index (χ1n) is 5.29.